The molecule has 1 fully saturated rings. The lowest BCUT2D eigenvalue weighted by molar-refractivity contribution is 0.0643. The molecular formula is C13H17N3O3. The summed E-state index contributed by atoms with van der Waals surface area (Å²) in [6.45, 7) is 6.16. The average molecular weight is 263 g/mol. The van der Waals surface area contributed by atoms with Crippen LogP contribution in [0.3, 0.4) is 0 Å². The first-order valence-electron chi connectivity index (χ1n) is 6.32. The summed E-state index contributed by atoms with van der Waals surface area (Å²) in [6, 6.07) is 2.89. The molecule has 6 heteroatoms. The molecule has 1 N–H and O–H groups in total. The maximum Gasteiger partial charge on any atom is 0.354 e. The number of amides is 1. The third-order valence-corrected chi connectivity index (χ3v) is 3.33. The van der Waals surface area contributed by atoms with Crippen LogP contribution in [0.5, 0.6) is 0 Å². The van der Waals surface area contributed by atoms with Gasteiger partial charge in [-0.1, -0.05) is 6.92 Å². The van der Waals surface area contributed by atoms with Crippen LogP contribution in [0, 0.1) is 0 Å². The summed E-state index contributed by atoms with van der Waals surface area (Å²) in [4.78, 5) is 30.8. The number of piperazine rings is 1. The van der Waals surface area contributed by atoms with E-state index in [0.29, 0.717) is 18.7 Å². The number of carbonyl (C=O) groups excluding carboxylic acids is 1. The molecule has 0 aromatic carbocycles. The van der Waals surface area contributed by atoms with E-state index in [0.717, 1.165) is 19.6 Å². The highest BCUT2D eigenvalue weighted by atomic mass is 16.4. The molecule has 0 bridgehead atoms. The van der Waals surface area contributed by atoms with Crippen LogP contribution in [0.1, 0.15) is 27.8 Å². The number of hydrogen-bond donors (Lipinski definition) is 1. The summed E-state index contributed by atoms with van der Waals surface area (Å²) >= 11 is 0. The predicted octanol–water partition coefficient (Wildman–Crippen LogP) is 0.557. The highest BCUT2D eigenvalue weighted by Crippen LogP contribution is 2.09. The van der Waals surface area contributed by atoms with Crippen molar-refractivity contribution in [3.63, 3.8) is 0 Å². The Morgan fingerprint density at radius 1 is 1.32 bits per heavy atom. The van der Waals surface area contributed by atoms with Crippen molar-refractivity contribution in [2.45, 2.75) is 6.92 Å². The van der Waals surface area contributed by atoms with Gasteiger partial charge < -0.3 is 14.9 Å². The van der Waals surface area contributed by atoms with Gasteiger partial charge in [-0.25, -0.2) is 9.78 Å². The standard InChI is InChI=1S/C13H17N3O3/c1-2-15-5-7-16(8-6-15)12(17)10-3-4-14-11(9-10)13(18)19/h3-4,9H,2,5-8H2,1H3,(H,18,19). The molecule has 1 saturated heterocycles. The van der Waals surface area contributed by atoms with Gasteiger partial charge in [0.25, 0.3) is 5.91 Å². The topological polar surface area (TPSA) is 73.7 Å². The first-order chi connectivity index (χ1) is 9.11. The van der Waals surface area contributed by atoms with Crippen LogP contribution in [0.4, 0.5) is 0 Å². The number of carbonyl (C=O) groups is 2. The Morgan fingerprint density at radius 3 is 2.58 bits per heavy atom. The first kappa shape index (κ1) is 13.5. The minimum atomic E-state index is -1.12. The molecule has 2 rings (SSSR count). The van der Waals surface area contributed by atoms with Crippen LogP contribution >= 0.6 is 0 Å². The van der Waals surface area contributed by atoms with Gasteiger partial charge in [0.05, 0.1) is 0 Å². The Labute approximate surface area is 111 Å². The van der Waals surface area contributed by atoms with E-state index in [1.807, 2.05) is 0 Å². The van der Waals surface area contributed by atoms with Gasteiger partial charge in [0.2, 0.25) is 0 Å². The van der Waals surface area contributed by atoms with Crippen molar-refractivity contribution in [3.8, 4) is 0 Å². The van der Waals surface area contributed by atoms with Crippen molar-refractivity contribution >= 4 is 11.9 Å². The second-order valence-corrected chi connectivity index (χ2v) is 4.46. The SMILES string of the molecule is CCN1CCN(C(=O)c2ccnc(C(=O)O)c2)CC1. The Hall–Kier alpha value is -1.95. The van der Waals surface area contributed by atoms with Crippen LogP contribution < -0.4 is 0 Å². The minimum absolute atomic E-state index is 0.0990. The highest BCUT2D eigenvalue weighted by Gasteiger charge is 2.22. The Kier molecular flexibility index (Phi) is 4.11. The number of pyridine rings is 1. The fourth-order valence-corrected chi connectivity index (χ4v) is 2.13. The Bertz CT molecular complexity index is 482. The summed E-state index contributed by atoms with van der Waals surface area (Å²) in [5, 5.41) is 8.87. The van der Waals surface area contributed by atoms with Gasteiger partial charge in [-0.05, 0) is 18.7 Å². The number of rotatable bonds is 3. The molecule has 1 aromatic rings. The van der Waals surface area contributed by atoms with Crippen LogP contribution in [-0.4, -0.2) is 64.5 Å². The lowest BCUT2D eigenvalue weighted by Crippen LogP contribution is -2.48. The molecular weight excluding hydrogens is 246 g/mol. The Morgan fingerprint density at radius 2 is 2.00 bits per heavy atom. The maximum absolute atomic E-state index is 12.3. The van der Waals surface area contributed by atoms with Crippen molar-refractivity contribution in [2.75, 3.05) is 32.7 Å². The molecule has 0 radical (unpaired) electrons. The molecule has 102 valence electrons. The lowest BCUT2D eigenvalue weighted by atomic mass is 10.2. The zero-order valence-corrected chi connectivity index (χ0v) is 10.9. The van der Waals surface area contributed by atoms with E-state index in [9.17, 15) is 9.59 Å². The van der Waals surface area contributed by atoms with Crippen LogP contribution in [0.2, 0.25) is 0 Å². The molecule has 1 aromatic heterocycles. The highest BCUT2D eigenvalue weighted by molar-refractivity contribution is 5.96. The molecule has 1 amide bonds. The second kappa shape index (κ2) is 5.79. The zero-order chi connectivity index (χ0) is 13.8. The number of nitrogens with zero attached hydrogens (tertiary/aromatic N) is 3. The van der Waals surface area contributed by atoms with Crippen molar-refractivity contribution in [3.05, 3.63) is 29.6 Å². The molecule has 0 unspecified atom stereocenters. The van der Waals surface area contributed by atoms with Gasteiger partial charge in [-0.15, -0.1) is 0 Å². The number of likely N-dealkylation sites (N-methyl/N-ethyl adjacent to an activating group) is 1. The third-order valence-electron chi connectivity index (χ3n) is 3.33. The van der Waals surface area contributed by atoms with Gasteiger partial charge in [-0.2, -0.15) is 0 Å². The van der Waals surface area contributed by atoms with Crippen molar-refractivity contribution in [1.29, 1.82) is 0 Å². The molecule has 0 aliphatic carbocycles. The molecule has 0 spiro atoms. The van der Waals surface area contributed by atoms with E-state index in [2.05, 4.69) is 16.8 Å². The zero-order valence-electron chi connectivity index (χ0n) is 10.9. The van der Waals surface area contributed by atoms with E-state index < -0.39 is 5.97 Å². The van der Waals surface area contributed by atoms with Gasteiger partial charge in [0.1, 0.15) is 5.69 Å². The molecule has 6 nitrogen and oxygen atoms in total. The molecule has 19 heavy (non-hydrogen) atoms. The monoisotopic (exact) mass is 263 g/mol. The molecule has 2 heterocycles. The van der Waals surface area contributed by atoms with Crippen LogP contribution in [-0.2, 0) is 0 Å². The number of carboxylic acids is 1. The number of hydrogen-bond acceptors (Lipinski definition) is 4. The van der Waals surface area contributed by atoms with E-state index in [4.69, 9.17) is 5.11 Å². The normalized spacial score (nSPS) is 16.4. The van der Waals surface area contributed by atoms with E-state index >= 15 is 0 Å². The maximum atomic E-state index is 12.3. The fraction of sp³-hybridized carbons (Fsp3) is 0.462. The van der Waals surface area contributed by atoms with Gasteiger partial charge in [0.15, 0.2) is 0 Å². The summed E-state index contributed by atoms with van der Waals surface area (Å²) < 4.78 is 0. The Balaban J connectivity index is 2.08. The van der Waals surface area contributed by atoms with Crippen LogP contribution in [0.25, 0.3) is 0 Å². The van der Waals surface area contributed by atoms with Crippen molar-refractivity contribution in [1.82, 2.24) is 14.8 Å². The van der Waals surface area contributed by atoms with Gasteiger partial charge >= 0.3 is 5.97 Å². The van der Waals surface area contributed by atoms with Crippen LogP contribution in [0.15, 0.2) is 18.3 Å². The van der Waals surface area contributed by atoms with Gasteiger partial charge in [-0.3, -0.25) is 4.79 Å². The van der Waals surface area contributed by atoms with Crippen molar-refractivity contribution in [2.24, 2.45) is 0 Å². The lowest BCUT2D eigenvalue weighted by Gasteiger charge is -2.34. The smallest absolute Gasteiger partial charge is 0.354 e. The van der Waals surface area contributed by atoms with Crippen molar-refractivity contribution < 1.29 is 14.7 Å². The second-order valence-electron chi connectivity index (χ2n) is 4.46. The van der Waals surface area contributed by atoms with E-state index in [1.165, 1.54) is 12.3 Å². The third kappa shape index (κ3) is 3.08. The fourth-order valence-electron chi connectivity index (χ4n) is 2.13. The molecule has 0 saturated carbocycles. The largest absolute Gasteiger partial charge is 0.477 e. The molecule has 0 atom stereocenters. The molecule has 1 aliphatic rings. The summed E-state index contributed by atoms with van der Waals surface area (Å²) in [7, 11) is 0. The average Bonchev–Trinajstić information content (AvgIpc) is 2.46. The summed E-state index contributed by atoms with van der Waals surface area (Å²) in [5.74, 6) is -1.24. The number of aromatic nitrogens is 1. The van der Waals surface area contributed by atoms with Gasteiger partial charge in [0, 0.05) is 37.9 Å². The van der Waals surface area contributed by atoms with E-state index in [1.54, 1.807) is 11.0 Å². The number of carboxylic acid groups (broad SMARTS) is 1. The quantitative estimate of drug-likeness (QED) is 0.862. The van der Waals surface area contributed by atoms with E-state index in [-0.39, 0.29) is 11.6 Å². The number of aromatic carboxylic acids is 1. The predicted molar refractivity (Wildman–Crippen MR) is 69.2 cm³/mol. The first-order valence-corrected chi connectivity index (χ1v) is 6.32. The summed E-state index contributed by atoms with van der Waals surface area (Å²) in [5.41, 5.74) is 0.287. The summed E-state index contributed by atoms with van der Waals surface area (Å²) in [6.07, 6.45) is 1.36. The minimum Gasteiger partial charge on any atom is -0.477 e. The molecule has 1 aliphatic heterocycles.